The van der Waals surface area contributed by atoms with Crippen LogP contribution in [0.3, 0.4) is 0 Å². The van der Waals surface area contributed by atoms with Gasteiger partial charge < -0.3 is 9.84 Å². The van der Waals surface area contributed by atoms with Gasteiger partial charge in [0, 0.05) is 0 Å². The topological polar surface area (TPSA) is 53.2 Å². The summed E-state index contributed by atoms with van der Waals surface area (Å²) in [6.07, 6.45) is 0.532. The van der Waals surface area contributed by atoms with Crippen molar-refractivity contribution < 1.29 is 14.2 Å². The third-order valence-corrected chi connectivity index (χ3v) is 2.47. The molecule has 0 aliphatic carbocycles. The van der Waals surface area contributed by atoms with Crippen LogP contribution in [0.1, 0.15) is 25.8 Å². The zero-order valence-corrected chi connectivity index (χ0v) is 10.0. The van der Waals surface area contributed by atoms with Gasteiger partial charge in [0.15, 0.2) is 11.6 Å². The Labute approximate surface area is 100 Å². The van der Waals surface area contributed by atoms with Gasteiger partial charge in [-0.2, -0.15) is 5.26 Å². The highest BCUT2D eigenvalue weighted by molar-refractivity contribution is 5.28. The van der Waals surface area contributed by atoms with Crippen LogP contribution in [0.5, 0.6) is 5.75 Å². The van der Waals surface area contributed by atoms with Gasteiger partial charge in [-0.25, -0.2) is 4.39 Å². The molecule has 92 valence electrons. The summed E-state index contributed by atoms with van der Waals surface area (Å²) in [5, 5.41) is 17.6. The van der Waals surface area contributed by atoms with Gasteiger partial charge in [-0.3, -0.25) is 0 Å². The Morgan fingerprint density at radius 1 is 1.47 bits per heavy atom. The number of nitrogens with zero attached hydrogens (tertiary/aromatic N) is 1. The van der Waals surface area contributed by atoms with E-state index in [0.29, 0.717) is 12.0 Å². The molecule has 0 saturated heterocycles. The lowest BCUT2D eigenvalue weighted by Gasteiger charge is -2.15. The van der Waals surface area contributed by atoms with Crippen molar-refractivity contribution >= 4 is 0 Å². The highest BCUT2D eigenvalue weighted by atomic mass is 19.1. The lowest BCUT2D eigenvalue weighted by Crippen LogP contribution is -2.13. The molecule has 17 heavy (non-hydrogen) atoms. The Morgan fingerprint density at radius 3 is 2.71 bits per heavy atom. The molecule has 0 unspecified atom stereocenters. The monoisotopic (exact) mass is 237 g/mol. The molecule has 0 fully saturated rings. The molecular weight excluding hydrogens is 221 g/mol. The van der Waals surface area contributed by atoms with Crippen molar-refractivity contribution in [2.45, 2.75) is 26.9 Å². The number of nitriles is 1. The number of halogens is 1. The number of ether oxygens (including phenoxy) is 1. The van der Waals surface area contributed by atoms with Crippen LogP contribution in [-0.2, 0) is 6.61 Å². The normalized spacial score (nSPS) is 11.0. The van der Waals surface area contributed by atoms with Crippen LogP contribution in [0.25, 0.3) is 0 Å². The SMILES string of the molecule is CC(C)(C#N)CCOc1ccc(CO)cc1F. The van der Waals surface area contributed by atoms with Crippen molar-refractivity contribution in [1.82, 2.24) is 0 Å². The first-order valence-electron chi connectivity index (χ1n) is 5.42. The zero-order valence-electron chi connectivity index (χ0n) is 10.0. The first kappa shape index (κ1) is 13.5. The molecule has 1 aromatic carbocycles. The van der Waals surface area contributed by atoms with Gasteiger partial charge in [0.1, 0.15) is 0 Å². The molecule has 1 N–H and O–H groups in total. The van der Waals surface area contributed by atoms with E-state index in [4.69, 9.17) is 15.1 Å². The van der Waals surface area contributed by atoms with E-state index in [-0.39, 0.29) is 19.0 Å². The molecule has 0 spiro atoms. The van der Waals surface area contributed by atoms with E-state index < -0.39 is 11.2 Å². The molecule has 0 aliphatic heterocycles. The minimum Gasteiger partial charge on any atom is -0.490 e. The van der Waals surface area contributed by atoms with Crippen molar-refractivity contribution in [3.8, 4) is 11.8 Å². The van der Waals surface area contributed by atoms with E-state index in [1.807, 2.05) is 13.8 Å². The summed E-state index contributed by atoms with van der Waals surface area (Å²) < 4.78 is 18.7. The van der Waals surface area contributed by atoms with E-state index >= 15 is 0 Å². The standard InChI is InChI=1S/C13H16FNO2/c1-13(2,9-15)5-6-17-12-4-3-10(8-16)7-11(12)14/h3-4,7,16H,5-6,8H2,1-2H3. The van der Waals surface area contributed by atoms with Crippen LogP contribution >= 0.6 is 0 Å². The average molecular weight is 237 g/mol. The van der Waals surface area contributed by atoms with E-state index in [1.54, 1.807) is 6.07 Å². The van der Waals surface area contributed by atoms with Crippen molar-refractivity contribution in [2.75, 3.05) is 6.61 Å². The predicted molar refractivity (Wildman–Crippen MR) is 61.8 cm³/mol. The Morgan fingerprint density at radius 2 is 2.18 bits per heavy atom. The van der Waals surface area contributed by atoms with E-state index in [9.17, 15) is 4.39 Å². The van der Waals surface area contributed by atoms with Gasteiger partial charge in [-0.15, -0.1) is 0 Å². The van der Waals surface area contributed by atoms with Crippen LogP contribution in [0, 0.1) is 22.6 Å². The van der Waals surface area contributed by atoms with Crippen LogP contribution in [0.4, 0.5) is 4.39 Å². The van der Waals surface area contributed by atoms with Gasteiger partial charge in [-0.1, -0.05) is 6.07 Å². The Kier molecular flexibility index (Phi) is 4.47. The molecule has 0 bridgehead atoms. The summed E-state index contributed by atoms with van der Waals surface area (Å²) in [6, 6.07) is 6.49. The number of hydrogen-bond donors (Lipinski definition) is 1. The average Bonchev–Trinajstić information content (AvgIpc) is 2.31. The maximum Gasteiger partial charge on any atom is 0.165 e. The fraction of sp³-hybridized carbons (Fsp3) is 0.462. The second kappa shape index (κ2) is 5.65. The highest BCUT2D eigenvalue weighted by Gasteiger charge is 2.16. The van der Waals surface area contributed by atoms with E-state index in [0.717, 1.165) is 0 Å². The maximum absolute atomic E-state index is 13.4. The summed E-state index contributed by atoms with van der Waals surface area (Å²) in [5.74, 6) is -0.345. The third-order valence-electron chi connectivity index (χ3n) is 2.47. The largest absolute Gasteiger partial charge is 0.490 e. The second-order valence-electron chi connectivity index (χ2n) is 4.52. The Bertz CT molecular complexity index is 424. The Hall–Kier alpha value is -1.60. The highest BCUT2D eigenvalue weighted by Crippen LogP contribution is 2.22. The zero-order chi connectivity index (χ0) is 12.9. The van der Waals surface area contributed by atoms with E-state index in [2.05, 4.69) is 6.07 Å². The molecule has 0 radical (unpaired) electrons. The molecule has 1 rings (SSSR count). The summed E-state index contributed by atoms with van der Waals surface area (Å²) in [5.41, 5.74) is 0.0360. The van der Waals surface area contributed by atoms with Crippen molar-refractivity contribution in [3.63, 3.8) is 0 Å². The van der Waals surface area contributed by atoms with Crippen molar-refractivity contribution in [1.29, 1.82) is 5.26 Å². The lowest BCUT2D eigenvalue weighted by atomic mass is 9.92. The molecule has 0 aliphatic rings. The fourth-order valence-electron chi connectivity index (χ4n) is 1.23. The summed E-state index contributed by atoms with van der Waals surface area (Å²) >= 11 is 0. The number of rotatable bonds is 5. The lowest BCUT2D eigenvalue weighted by molar-refractivity contribution is 0.253. The number of benzene rings is 1. The van der Waals surface area contributed by atoms with Crippen molar-refractivity contribution in [2.24, 2.45) is 5.41 Å². The molecule has 0 heterocycles. The minimum absolute atomic E-state index is 0.149. The van der Waals surface area contributed by atoms with E-state index in [1.165, 1.54) is 12.1 Å². The predicted octanol–water partition coefficient (Wildman–Crippen LogP) is 2.64. The summed E-state index contributed by atoms with van der Waals surface area (Å²) in [6.45, 7) is 3.71. The van der Waals surface area contributed by atoms with Gasteiger partial charge in [0.2, 0.25) is 0 Å². The molecule has 0 amide bonds. The van der Waals surface area contributed by atoms with Crippen LogP contribution in [0.15, 0.2) is 18.2 Å². The van der Waals surface area contributed by atoms with Crippen molar-refractivity contribution in [3.05, 3.63) is 29.6 Å². The fourth-order valence-corrected chi connectivity index (χ4v) is 1.23. The number of aliphatic hydroxyl groups is 1. The second-order valence-corrected chi connectivity index (χ2v) is 4.52. The summed E-state index contributed by atoms with van der Waals surface area (Å²) in [4.78, 5) is 0. The first-order chi connectivity index (χ1) is 7.98. The Balaban J connectivity index is 2.56. The summed E-state index contributed by atoms with van der Waals surface area (Å²) in [7, 11) is 0. The number of hydrogen-bond acceptors (Lipinski definition) is 3. The smallest absolute Gasteiger partial charge is 0.165 e. The first-order valence-corrected chi connectivity index (χ1v) is 5.42. The van der Waals surface area contributed by atoms with Gasteiger partial charge >= 0.3 is 0 Å². The van der Waals surface area contributed by atoms with Gasteiger partial charge in [0.25, 0.3) is 0 Å². The van der Waals surface area contributed by atoms with Gasteiger partial charge in [-0.05, 0) is 38.0 Å². The maximum atomic E-state index is 13.4. The van der Waals surface area contributed by atoms with Crippen LogP contribution in [-0.4, -0.2) is 11.7 Å². The molecular formula is C13H16FNO2. The quantitative estimate of drug-likeness (QED) is 0.856. The molecule has 0 atom stereocenters. The molecule has 0 saturated carbocycles. The van der Waals surface area contributed by atoms with Gasteiger partial charge in [0.05, 0.1) is 24.7 Å². The third kappa shape index (κ3) is 4.04. The molecule has 3 nitrogen and oxygen atoms in total. The van der Waals surface area contributed by atoms with Crippen LogP contribution in [0.2, 0.25) is 0 Å². The number of aliphatic hydroxyl groups excluding tert-OH is 1. The molecule has 4 heteroatoms. The van der Waals surface area contributed by atoms with Crippen LogP contribution < -0.4 is 4.74 Å². The molecule has 1 aromatic rings. The minimum atomic E-state index is -0.494. The molecule has 0 aromatic heterocycles.